The average molecular weight is 465 g/mol. The number of sulfonamides is 1. The summed E-state index contributed by atoms with van der Waals surface area (Å²) < 4.78 is 30.9. The molecule has 7 nitrogen and oxygen atoms in total. The number of nitrogens with zero attached hydrogens (tertiary/aromatic N) is 1. The Labute approximate surface area is 187 Å². The lowest BCUT2D eigenvalue weighted by Crippen LogP contribution is -2.23. The smallest absolute Gasteiger partial charge is 0.348 e. The number of amides is 1. The quantitative estimate of drug-likeness (QED) is 0.632. The number of rotatable bonds is 7. The van der Waals surface area contributed by atoms with Gasteiger partial charge in [0, 0.05) is 24.7 Å². The lowest BCUT2D eigenvalue weighted by molar-refractivity contribution is -0.119. The van der Waals surface area contributed by atoms with Gasteiger partial charge < -0.3 is 10.1 Å². The van der Waals surface area contributed by atoms with Crippen molar-refractivity contribution in [2.75, 3.05) is 26.0 Å². The van der Waals surface area contributed by atoms with Gasteiger partial charge in [-0.25, -0.2) is 17.5 Å². The van der Waals surface area contributed by atoms with Crippen molar-refractivity contribution < 1.29 is 22.7 Å². The number of carbonyl (C=O) groups excluding carboxylic acids is 2. The number of anilines is 1. The van der Waals surface area contributed by atoms with Gasteiger partial charge in [-0.05, 0) is 61.4 Å². The van der Waals surface area contributed by atoms with Crippen LogP contribution in [0.25, 0.3) is 0 Å². The predicted molar refractivity (Wildman–Crippen MR) is 121 cm³/mol. The molecule has 1 aromatic heterocycles. The monoisotopic (exact) mass is 464 g/mol. The Hall–Kier alpha value is -2.23. The summed E-state index contributed by atoms with van der Waals surface area (Å²) in [7, 11) is -0.739. The number of hydrogen-bond donors (Lipinski definition) is 1. The van der Waals surface area contributed by atoms with Gasteiger partial charge in [0.25, 0.3) is 5.91 Å². The third-order valence-corrected chi connectivity index (χ3v) is 8.59. The van der Waals surface area contributed by atoms with Crippen molar-refractivity contribution in [2.24, 2.45) is 5.92 Å². The topological polar surface area (TPSA) is 92.8 Å². The number of carbonyl (C=O) groups is 2. The third-order valence-electron chi connectivity index (χ3n) is 5.56. The second kappa shape index (κ2) is 9.50. The van der Waals surface area contributed by atoms with E-state index in [1.807, 2.05) is 6.07 Å². The molecule has 0 unspecified atom stereocenters. The molecule has 168 valence electrons. The standard InChI is InChI=1S/C22H28N2O5S2/c1-5-15-7-9-19-16(10-15)11-20(30-19)22(26)29-13-21(25)23-18-12-17(8-6-14(18)2)31(27,28)24(3)4/h6,8,11-12,15H,5,7,9-10,13H2,1-4H3,(H,23,25)/t15-/m1/s1. The zero-order valence-corrected chi connectivity index (χ0v) is 19.9. The summed E-state index contributed by atoms with van der Waals surface area (Å²) in [6.07, 6.45) is 4.24. The van der Waals surface area contributed by atoms with E-state index in [-0.39, 0.29) is 4.90 Å². The Bertz CT molecular complexity index is 1090. The lowest BCUT2D eigenvalue weighted by Gasteiger charge is -2.19. The summed E-state index contributed by atoms with van der Waals surface area (Å²) in [6, 6.07) is 6.41. The minimum atomic E-state index is -3.62. The van der Waals surface area contributed by atoms with Gasteiger partial charge in [-0.15, -0.1) is 11.3 Å². The van der Waals surface area contributed by atoms with E-state index in [1.54, 1.807) is 13.0 Å². The van der Waals surface area contributed by atoms with Crippen LogP contribution in [-0.4, -0.2) is 45.3 Å². The highest BCUT2D eigenvalue weighted by atomic mass is 32.2. The van der Waals surface area contributed by atoms with Gasteiger partial charge >= 0.3 is 5.97 Å². The van der Waals surface area contributed by atoms with Gasteiger partial charge in [-0.2, -0.15) is 0 Å². The van der Waals surface area contributed by atoms with Crippen LogP contribution < -0.4 is 5.32 Å². The molecule has 0 saturated heterocycles. The van der Waals surface area contributed by atoms with Crippen LogP contribution in [0, 0.1) is 12.8 Å². The molecule has 0 aliphatic heterocycles. The molecule has 1 atom stereocenters. The third kappa shape index (κ3) is 5.34. The molecule has 1 aliphatic carbocycles. The zero-order valence-electron chi connectivity index (χ0n) is 18.2. The number of nitrogens with one attached hydrogen (secondary N) is 1. The van der Waals surface area contributed by atoms with E-state index >= 15 is 0 Å². The van der Waals surface area contributed by atoms with E-state index in [9.17, 15) is 18.0 Å². The molecule has 0 radical (unpaired) electrons. The second-order valence-corrected chi connectivity index (χ2v) is 11.3. The van der Waals surface area contributed by atoms with Crippen molar-refractivity contribution in [3.8, 4) is 0 Å². The van der Waals surface area contributed by atoms with Crippen molar-refractivity contribution >= 4 is 38.9 Å². The van der Waals surface area contributed by atoms with Gasteiger partial charge in [-0.3, -0.25) is 4.79 Å². The summed E-state index contributed by atoms with van der Waals surface area (Å²) >= 11 is 1.44. The van der Waals surface area contributed by atoms with Crippen molar-refractivity contribution in [3.63, 3.8) is 0 Å². The minimum Gasteiger partial charge on any atom is -0.451 e. The predicted octanol–water partition coefficient (Wildman–Crippen LogP) is 3.62. The van der Waals surface area contributed by atoms with Crippen molar-refractivity contribution in [1.29, 1.82) is 0 Å². The molecule has 0 fully saturated rings. The van der Waals surface area contributed by atoms with Gasteiger partial charge in [0.2, 0.25) is 10.0 Å². The van der Waals surface area contributed by atoms with Crippen LogP contribution in [0.5, 0.6) is 0 Å². The molecule has 1 N–H and O–H groups in total. The Morgan fingerprint density at radius 3 is 2.68 bits per heavy atom. The molecule has 1 amide bonds. The SMILES string of the molecule is CC[C@@H]1CCc2sc(C(=O)OCC(=O)Nc3cc(S(=O)(=O)N(C)C)ccc3C)cc2C1. The van der Waals surface area contributed by atoms with Gasteiger partial charge in [-0.1, -0.05) is 19.4 Å². The molecule has 1 aromatic carbocycles. The second-order valence-electron chi connectivity index (χ2n) is 7.96. The van der Waals surface area contributed by atoms with Crippen LogP contribution in [0.2, 0.25) is 0 Å². The number of thiophene rings is 1. The molecular formula is C22H28N2O5S2. The first-order valence-corrected chi connectivity index (χ1v) is 12.5. The summed E-state index contributed by atoms with van der Waals surface area (Å²) in [5, 5.41) is 2.64. The molecule has 1 heterocycles. The first kappa shape index (κ1) is 23.4. The first-order valence-electron chi connectivity index (χ1n) is 10.2. The Kier molecular flexibility index (Phi) is 7.18. The fraction of sp³-hybridized carbons (Fsp3) is 0.455. The summed E-state index contributed by atoms with van der Waals surface area (Å²) in [4.78, 5) is 26.6. The Morgan fingerprint density at radius 2 is 2.00 bits per heavy atom. The maximum atomic E-state index is 12.4. The zero-order chi connectivity index (χ0) is 22.8. The van der Waals surface area contributed by atoms with E-state index in [4.69, 9.17) is 4.74 Å². The largest absolute Gasteiger partial charge is 0.451 e. The summed E-state index contributed by atoms with van der Waals surface area (Å²) in [5.74, 6) is -0.376. The molecule has 9 heteroatoms. The highest BCUT2D eigenvalue weighted by Crippen LogP contribution is 2.33. The number of benzene rings is 1. The molecular weight excluding hydrogens is 436 g/mol. The molecule has 2 aromatic rings. The number of hydrogen-bond acceptors (Lipinski definition) is 6. The van der Waals surface area contributed by atoms with E-state index in [0.29, 0.717) is 22.0 Å². The van der Waals surface area contributed by atoms with Gasteiger partial charge in [0.15, 0.2) is 6.61 Å². The first-order chi connectivity index (χ1) is 14.6. The normalized spacial score (nSPS) is 16.1. The maximum Gasteiger partial charge on any atom is 0.348 e. The van der Waals surface area contributed by atoms with Crippen LogP contribution in [0.1, 0.15) is 45.4 Å². The number of fused-ring (bicyclic) bond motifs is 1. The van der Waals surface area contributed by atoms with Crippen LogP contribution >= 0.6 is 11.3 Å². The number of aryl methyl sites for hydroxylation is 2. The Morgan fingerprint density at radius 1 is 1.26 bits per heavy atom. The van der Waals surface area contributed by atoms with E-state index in [0.717, 1.165) is 30.0 Å². The van der Waals surface area contributed by atoms with E-state index in [1.165, 1.54) is 48.0 Å². The molecule has 31 heavy (non-hydrogen) atoms. The Balaban J connectivity index is 1.62. The highest BCUT2D eigenvalue weighted by Gasteiger charge is 2.23. The summed E-state index contributed by atoms with van der Waals surface area (Å²) in [5.41, 5.74) is 2.28. The molecule has 1 aliphatic rings. The maximum absolute atomic E-state index is 12.4. The van der Waals surface area contributed by atoms with Crippen LogP contribution in [-0.2, 0) is 32.4 Å². The highest BCUT2D eigenvalue weighted by molar-refractivity contribution is 7.89. The van der Waals surface area contributed by atoms with Crippen molar-refractivity contribution in [3.05, 3.63) is 45.1 Å². The van der Waals surface area contributed by atoms with Crippen LogP contribution in [0.4, 0.5) is 5.69 Å². The number of ether oxygens (including phenoxy) is 1. The lowest BCUT2D eigenvalue weighted by atomic mass is 9.87. The van der Waals surface area contributed by atoms with E-state index < -0.39 is 28.5 Å². The fourth-order valence-corrected chi connectivity index (χ4v) is 5.57. The molecule has 0 bridgehead atoms. The molecule has 3 rings (SSSR count). The molecule has 0 saturated carbocycles. The minimum absolute atomic E-state index is 0.0740. The summed E-state index contributed by atoms with van der Waals surface area (Å²) in [6.45, 7) is 3.50. The van der Waals surface area contributed by atoms with Crippen molar-refractivity contribution in [2.45, 2.75) is 44.4 Å². The van der Waals surface area contributed by atoms with E-state index in [2.05, 4.69) is 12.2 Å². The van der Waals surface area contributed by atoms with Crippen LogP contribution in [0.3, 0.4) is 0 Å². The van der Waals surface area contributed by atoms with Gasteiger partial charge in [0.05, 0.1) is 4.90 Å². The average Bonchev–Trinajstić information content (AvgIpc) is 3.16. The fourth-order valence-electron chi connectivity index (χ4n) is 3.54. The van der Waals surface area contributed by atoms with Crippen molar-refractivity contribution in [1.82, 2.24) is 4.31 Å². The molecule has 0 spiro atoms. The van der Waals surface area contributed by atoms with Gasteiger partial charge in [0.1, 0.15) is 4.88 Å². The number of esters is 1. The van der Waals surface area contributed by atoms with Crippen LogP contribution in [0.15, 0.2) is 29.2 Å².